The Morgan fingerprint density at radius 2 is 1.79 bits per heavy atom. The fraction of sp³-hybridized carbons (Fsp3) is 0.304. The maximum absolute atomic E-state index is 13.3. The first-order chi connectivity index (χ1) is 13.5. The summed E-state index contributed by atoms with van der Waals surface area (Å²) in [4.78, 5) is 29.9. The van der Waals surface area contributed by atoms with Gasteiger partial charge in [0, 0.05) is 19.3 Å². The molecule has 5 heteroatoms. The Kier molecular flexibility index (Phi) is 4.77. The second-order valence-corrected chi connectivity index (χ2v) is 7.31. The van der Waals surface area contributed by atoms with Crippen LogP contribution in [0.5, 0.6) is 0 Å². The molecular formula is C23H24N2O3. The van der Waals surface area contributed by atoms with Gasteiger partial charge in [-0.25, -0.2) is 0 Å². The first kappa shape index (κ1) is 18.4. The van der Waals surface area contributed by atoms with Crippen LogP contribution in [0.3, 0.4) is 0 Å². The van der Waals surface area contributed by atoms with Crippen LogP contribution in [0.25, 0.3) is 5.57 Å². The number of imide groups is 1. The van der Waals surface area contributed by atoms with Crippen molar-refractivity contribution in [2.75, 3.05) is 31.7 Å². The Bertz CT molecular complexity index is 993. The first-order valence-corrected chi connectivity index (χ1v) is 9.55. The monoisotopic (exact) mass is 376 g/mol. The molecule has 5 nitrogen and oxygen atoms in total. The van der Waals surface area contributed by atoms with Crippen LogP contribution in [0.15, 0.2) is 48.2 Å². The lowest BCUT2D eigenvalue weighted by Gasteiger charge is -2.21. The Hall–Kier alpha value is -2.92. The van der Waals surface area contributed by atoms with Gasteiger partial charge in [0.05, 0.1) is 18.7 Å². The maximum atomic E-state index is 13.3. The van der Waals surface area contributed by atoms with E-state index in [1.807, 2.05) is 55.1 Å². The van der Waals surface area contributed by atoms with Crippen LogP contribution < -0.4 is 4.90 Å². The average molecular weight is 376 g/mol. The highest BCUT2D eigenvalue weighted by Crippen LogP contribution is 2.38. The molecule has 2 heterocycles. The number of ether oxygens (including phenoxy) is 1. The summed E-state index contributed by atoms with van der Waals surface area (Å²) >= 11 is 0. The molecule has 2 aromatic rings. The summed E-state index contributed by atoms with van der Waals surface area (Å²) in [7, 11) is 1.57. The average Bonchev–Trinajstić information content (AvgIpc) is 3.21. The molecule has 0 radical (unpaired) electrons. The zero-order chi connectivity index (χ0) is 19.8. The zero-order valence-corrected chi connectivity index (χ0v) is 16.5. The topological polar surface area (TPSA) is 49.9 Å². The van der Waals surface area contributed by atoms with Crippen LogP contribution in [0.1, 0.15) is 22.3 Å². The van der Waals surface area contributed by atoms with Crippen LogP contribution >= 0.6 is 0 Å². The smallest absolute Gasteiger partial charge is 0.278 e. The van der Waals surface area contributed by atoms with E-state index in [1.54, 1.807) is 7.11 Å². The van der Waals surface area contributed by atoms with Crippen molar-refractivity contribution in [3.8, 4) is 0 Å². The molecule has 2 amide bonds. The number of amides is 2. The lowest BCUT2D eigenvalue weighted by Crippen LogP contribution is -2.37. The highest BCUT2D eigenvalue weighted by Gasteiger charge is 2.43. The van der Waals surface area contributed by atoms with Crippen LogP contribution in [0.2, 0.25) is 0 Å². The number of hydrogen-bond donors (Lipinski definition) is 0. The number of hydrogen-bond acceptors (Lipinski definition) is 4. The molecule has 0 atom stereocenters. The van der Waals surface area contributed by atoms with Gasteiger partial charge in [-0.2, -0.15) is 0 Å². The molecule has 0 spiro atoms. The molecule has 0 aromatic heterocycles. The zero-order valence-electron chi connectivity index (χ0n) is 16.5. The molecule has 0 aliphatic carbocycles. The highest BCUT2D eigenvalue weighted by atomic mass is 16.5. The fourth-order valence-corrected chi connectivity index (χ4v) is 3.93. The van der Waals surface area contributed by atoms with E-state index in [0.29, 0.717) is 24.4 Å². The molecule has 2 aromatic carbocycles. The van der Waals surface area contributed by atoms with Crippen LogP contribution in [-0.4, -0.2) is 43.5 Å². The Morgan fingerprint density at radius 1 is 1.00 bits per heavy atom. The van der Waals surface area contributed by atoms with Crippen LogP contribution in [0.4, 0.5) is 5.69 Å². The van der Waals surface area contributed by atoms with Crippen molar-refractivity contribution in [1.82, 2.24) is 4.90 Å². The van der Waals surface area contributed by atoms with E-state index in [9.17, 15) is 9.59 Å². The molecule has 0 saturated heterocycles. The Labute approximate surface area is 165 Å². The van der Waals surface area contributed by atoms with E-state index in [2.05, 4.69) is 6.07 Å². The number of fused-ring (bicyclic) bond motifs is 1. The number of para-hydroxylation sites is 1. The molecule has 0 unspecified atom stereocenters. The molecule has 0 saturated carbocycles. The summed E-state index contributed by atoms with van der Waals surface area (Å²) in [6, 6.07) is 14.0. The van der Waals surface area contributed by atoms with Crippen LogP contribution in [-0.2, 0) is 20.7 Å². The van der Waals surface area contributed by atoms with Crippen molar-refractivity contribution in [3.05, 3.63) is 70.4 Å². The lowest BCUT2D eigenvalue weighted by molar-refractivity contribution is -0.137. The number of carbonyl (C=O) groups excluding carboxylic acids is 2. The minimum absolute atomic E-state index is 0.244. The van der Waals surface area contributed by atoms with Gasteiger partial charge in [-0.1, -0.05) is 36.4 Å². The summed E-state index contributed by atoms with van der Waals surface area (Å²) in [6.07, 6.45) is 0.861. The second-order valence-electron chi connectivity index (χ2n) is 7.31. The van der Waals surface area contributed by atoms with Gasteiger partial charge in [0.15, 0.2) is 0 Å². The number of methoxy groups -OCH3 is 1. The summed E-state index contributed by atoms with van der Waals surface area (Å²) in [5.74, 6) is -0.489. The van der Waals surface area contributed by atoms with Crippen molar-refractivity contribution in [2.24, 2.45) is 0 Å². The standard InChI is InChI=1S/C23H24N2O3/c1-15-8-9-18(14-16(15)2)20-21(23(27)25(22(20)26)12-13-28-3)24-11-10-17-6-4-5-7-19(17)24/h4-9,14H,10-13H2,1-3H3. The maximum Gasteiger partial charge on any atom is 0.278 e. The van der Waals surface area contributed by atoms with Gasteiger partial charge in [0.2, 0.25) is 0 Å². The highest BCUT2D eigenvalue weighted by molar-refractivity contribution is 6.36. The van der Waals surface area contributed by atoms with Crippen molar-refractivity contribution in [1.29, 1.82) is 0 Å². The normalized spacial score (nSPS) is 16.4. The van der Waals surface area contributed by atoms with E-state index in [4.69, 9.17) is 4.74 Å². The van der Waals surface area contributed by atoms with E-state index in [-0.39, 0.29) is 18.4 Å². The molecule has 2 aliphatic heterocycles. The van der Waals surface area contributed by atoms with Crippen molar-refractivity contribution in [2.45, 2.75) is 20.3 Å². The van der Waals surface area contributed by atoms with E-state index in [1.165, 1.54) is 10.5 Å². The number of aryl methyl sites for hydroxylation is 2. The third-order valence-corrected chi connectivity index (χ3v) is 5.62. The third-order valence-electron chi connectivity index (χ3n) is 5.62. The van der Waals surface area contributed by atoms with Crippen molar-refractivity contribution >= 4 is 23.1 Å². The molecule has 144 valence electrons. The fourth-order valence-electron chi connectivity index (χ4n) is 3.93. The van der Waals surface area contributed by atoms with E-state index < -0.39 is 0 Å². The minimum Gasteiger partial charge on any atom is -0.383 e. The Morgan fingerprint density at radius 3 is 2.54 bits per heavy atom. The quantitative estimate of drug-likeness (QED) is 0.753. The minimum atomic E-state index is -0.246. The van der Waals surface area contributed by atoms with Crippen molar-refractivity contribution < 1.29 is 14.3 Å². The van der Waals surface area contributed by atoms with Crippen molar-refractivity contribution in [3.63, 3.8) is 0 Å². The summed E-state index contributed by atoms with van der Waals surface area (Å²) in [5, 5.41) is 0. The number of benzene rings is 2. The number of nitrogens with zero attached hydrogens (tertiary/aromatic N) is 2. The van der Waals surface area contributed by atoms with Gasteiger partial charge in [-0.3, -0.25) is 14.5 Å². The lowest BCUT2D eigenvalue weighted by atomic mass is 9.99. The van der Waals surface area contributed by atoms with E-state index >= 15 is 0 Å². The van der Waals surface area contributed by atoms with Gasteiger partial charge >= 0.3 is 0 Å². The predicted octanol–water partition coefficient (Wildman–Crippen LogP) is 3.09. The SMILES string of the molecule is COCCN1C(=O)C(c2ccc(C)c(C)c2)=C(N2CCc3ccccc32)C1=O. The molecule has 28 heavy (non-hydrogen) atoms. The summed E-state index contributed by atoms with van der Waals surface area (Å²) in [5.41, 5.74) is 6.22. The first-order valence-electron chi connectivity index (χ1n) is 9.55. The predicted molar refractivity (Wildman–Crippen MR) is 109 cm³/mol. The second kappa shape index (κ2) is 7.24. The van der Waals surface area contributed by atoms with Gasteiger partial charge in [-0.15, -0.1) is 0 Å². The molecule has 0 bridgehead atoms. The van der Waals surface area contributed by atoms with Crippen LogP contribution in [0, 0.1) is 13.8 Å². The van der Waals surface area contributed by atoms with Gasteiger partial charge in [0.1, 0.15) is 5.70 Å². The molecule has 0 fully saturated rings. The molecule has 2 aliphatic rings. The van der Waals surface area contributed by atoms with Gasteiger partial charge < -0.3 is 9.64 Å². The van der Waals surface area contributed by atoms with Gasteiger partial charge in [-0.05, 0) is 48.6 Å². The summed E-state index contributed by atoms with van der Waals surface area (Å²) < 4.78 is 5.11. The molecular weight excluding hydrogens is 352 g/mol. The molecule has 0 N–H and O–H groups in total. The van der Waals surface area contributed by atoms with Gasteiger partial charge in [0.25, 0.3) is 11.8 Å². The third kappa shape index (κ3) is 2.92. The largest absolute Gasteiger partial charge is 0.383 e. The van der Waals surface area contributed by atoms with E-state index in [0.717, 1.165) is 28.8 Å². The number of anilines is 1. The number of rotatable bonds is 5. The number of carbonyl (C=O) groups is 2. The molecule has 4 rings (SSSR count). The Balaban J connectivity index is 1.86. The summed E-state index contributed by atoms with van der Waals surface area (Å²) in [6.45, 7) is 5.33.